The summed E-state index contributed by atoms with van der Waals surface area (Å²) in [7, 11) is 1.73. The van der Waals surface area contributed by atoms with E-state index in [2.05, 4.69) is 46.5 Å². The van der Waals surface area contributed by atoms with E-state index in [4.69, 9.17) is 9.84 Å². The number of thiophene rings is 1. The van der Waals surface area contributed by atoms with Gasteiger partial charge in [0.2, 0.25) is 0 Å². The van der Waals surface area contributed by atoms with E-state index in [-0.39, 0.29) is 0 Å². The van der Waals surface area contributed by atoms with Gasteiger partial charge in [-0.05, 0) is 30.5 Å². The highest BCUT2D eigenvalue weighted by atomic mass is 32.1. The van der Waals surface area contributed by atoms with Crippen molar-refractivity contribution in [3.8, 4) is 5.75 Å². The number of hydrazone groups is 1. The molecule has 1 fully saturated rings. The fraction of sp³-hybridized carbons (Fsp3) is 0.353. The Morgan fingerprint density at radius 1 is 1.09 bits per heavy atom. The van der Waals surface area contributed by atoms with Crippen molar-refractivity contribution >= 4 is 22.7 Å². The molecule has 0 aliphatic carbocycles. The molecule has 0 unspecified atom stereocenters. The van der Waals surface area contributed by atoms with Gasteiger partial charge in [0.15, 0.2) is 0 Å². The summed E-state index contributed by atoms with van der Waals surface area (Å²) in [6.45, 7) is 5.86. The van der Waals surface area contributed by atoms with Gasteiger partial charge in [0.1, 0.15) is 5.75 Å². The van der Waals surface area contributed by atoms with Crippen molar-refractivity contribution < 1.29 is 4.74 Å². The van der Waals surface area contributed by atoms with Gasteiger partial charge >= 0.3 is 0 Å². The number of hydrogen-bond acceptors (Lipinski definition) is 5. The number of anilines is 1. The monoisotopic (exact) mass is 315 g/mol. The van der Waals surface area contributed by atoms with Gasteiger partial charge < -0.3 is 9.64 Å². The number of rotatable bonds is 4. The third kappa shape index (κ3) is 3.25. The minimum atomic E-state index is 0.931. The van der Waals surface area contributed by atoms with Crippen LogP contribution in [0.25, 0.3) is 0 Å². The van der Waals surface area contributed by atoms with Gasteiger partial charge in [-0.3, -0.25) is 5.01 Å². The van der Waals surface area contributed by atoms with Gasteiger partial charge in [0.05, 0.1) is 31.6 Å². The second-order valence-corrected chi connectivity index (χ2v) is 6.22. The average Bonchev–Trinajstić information content (AvgIpc) is 3.10. The molecule has 1 aliphatic rings. The Balaban J connectivity index is 1.64. The summed E-state index contributed by atoms with van der Waals surface area (Å²) >= 11 is 1.74. The van der Waals surface area contributed by atoms with Crippen molar-refractivity contribution in [1.29, 1.82) is 0 Å². The molecule has 0 atom stereocenters. The molecule has 3 rings (SSSR count). The number of hydrogen-bond donors (Lipinski definition) is 0. The number of para-hydroxylation sites is 2. The highest BCUT2D eigenvalue weighted by Crippen LogP contribution is 2.28. The molecule has 1 aromatic heterocycles. The van der Waals surface area contributed by atoms with Gasteiger partial charge in [0.25, 0.3) is 0 Å². The minimum Gasteiger partial charge on any atom is -0.495 e. The predicted octanol–water partition coefficient (Wildman–Crippen LogP) is 3.30. The van der Waals surface area contributed by atoms with Crippen LogP contribution < -0.4 is 9.64 Å². The van der Waals surface area contributed by atoms with Crippen LogP contribution in [0.15, 0.2) is 46.9 Å². The summed E-state index contributed by atoms with van der Waals surface area (Å²) < 4.78 is 5.46. The molecule has 5 heteroatoms. The number of nitrogens with zero attached hydrogens (tertiary/aromatic N) is 3. The maximum atomic E-state index is 5.46. The minimum absolute atomic E-state index is 0.931. The summed E-state index contributed by atoms with van der Waals surface area (Å²) in [5, 5.41) is 9.01. The molecule has 0 bridgehead atoms. The Bertz CT molecular complexity index is 631. The largest absolute Gasteiger partial charge is 0.495 e. The summed E-state index contributed by atoms with van der Waals surface area (Å²) in [5.74, 6) is 0.939. The van der Waals surface area contributed by atoms with Crippen molar-refractivity contribution in [2.24, 2.45) is 5.10 Å². The van der Waals surface area contributed by atoms with Crippen LogP contribution in [0.3, 0.4) is 0 Å². The second-order valence-electron chi connectivity index (χ2n) is 5.28. The Hall–Kier alpha value is -2.01. The van der Waals surface area contributed by atoms with Crippen LogP contribution in [0, 0.1) is 0 Å². The normalized spacial score (nSPS) is 16.0. The molecule has 1 aromatic carbocycles. The van der Waals surface area contributed by atoms with Crippen LogP contribution >= 0.6 is 11.3 Å². The van der Waals surface area contributed by atoms with Crippen molar-refractivity contribution in [2.45, 2.75) is 6.92 Å². The van der Waals surface area contributed by atoms with E-state index in [0.717, 1.165) is 37.6 Å². The molecular formula is C17H21N3OS. The van der Waals surface area contributed by atoms with Crippen LogP contribution in [0.1, 0.15) is 11.8 Å². The number of methoxy groups -OCH3 is 1. The lowest BCUT2D eigenvalue weighted by Crippen LogP contribution is -2.44. The lowest BCUT2D eigenvalue weighted by atomic mass is 10.2. The molecule has 2 aromatic rings. The molecule has 1 saturated heterocycles. The fourth-order valence-corrected chi connectivity index (χ4v) is 3.35. The van der Waals surface area contributed by atoms with Crippen molar-refractivity contribution in [2.75, 3.05) is 38.2 Å². The number of benzene rings is 1. The second kappa shape index (κ2) is 6.83. The highest BCUT2D eigenvalue weighted by molar-refractivity contribution is 7.12. The standard InChI is InChI=1S/C17H21N3OS/c1-14(17-8-5-13-22-17)18-20-11-9-19(10-12-20)15-6-3-4-7-16(15)21-2/h3-8,13H,9-12H2,1-2H3/b18-14+. The van der Waals surface area contributed by atoms with E-state index in [0.29, 0.717) is 0 Å². The molecule has 116 valence electrons. The molecule has 0 saturated carbocycles. The molecule has 22 heavy (non-hydrogen) atoms. The predicted molar refractivity (Wildman–Crippen MR) is 93.3 cm³/mol. The van der Waals surface area contributed by atoms with Gasteiger partial charge in [-0.25, -0.2) is 0 Å². The zero-order valence-electron chi connectivity index (χ0n) is 13.0. The molecule has 0 spiro atoms. The lowest BCUT2D eigenvalue weighted by Gasteiger charge is -2.35. The van der Waals surface area contributed by atoms with E-state index < -0.39 is 0 Å². The van der Waals surface area contributed by atoms with Crippen LogP contribution in [0.2, 0.25) is 0 Å². The Labute approximate surface area is 135 Å². The highest BCUT2D eigenvalue weighted by Gasteiger charge is 2.18. The summed E-state index contributed by atoms with van der Waals surface area (Å²) in [5.41, 5.74) is 2.27. The fourth-order valence-electron chi connectivity index (χ4n) is 2.67. The van der Waals surface area contributed by atoms with Gasteiger partial charge in [-0.2, -0.15) is 5.10 Å². The quantitative estimate of drug-likeness (QED) is 0.810. The smallest absolute Gasteiger partial charge is 0.142 e. The topological polar surface area (TPSA) is 28.1 Å². The third-order valence-corrected chi connectivity index (χ3v) is 4.83. The maximum absolute atomic E-state index is 5.46. The molecule has 0 amide bonds. The third-order valence-electron chi connectivity index (χ3n) is 3.85. The first kappa shape index (κ1) is 14.9. The van der Waals surface area contributed by atoms with E-state index in [9.17, 15) is 0 Å². The van der Waals surface area contributed by atoms with Crippen molar-refractivity contribution in [3.05, 3.63) is 46.7 Å². The Morgan fingerprint density at radius 3 is 2.55 bits per heavy atom. The molecule has 0 N–H and O–H groups in total. The molecule has 0 radical (unpaired) electrons. The summed E-state index contributed by atoms with van der Waals surface area (Å²) in [4.78, 5) is 3.61. The molecule has 1 aliphatic heterocycles. The number of piperazine rings is 1. The molecule has 2 heterocycles. The van der Waals surface area contributed by atoms with E-state index in [1.54, 1.807) is 18.4 Å². The van der Waals surface area contributed by atoms with Gasteiger partial charge in [-0.15, -0.1) is 11.3 Å². The number of ether oxygens (including phenoxy) is 1. The molecular weight excluding hydrogens is 294 g/mol. The summed E-state index contributed by atoms with van der Waals surface area (Å²) in [6, 6.07) is 12.4. The van der Waals surface area contributed by atoms with Gasteiger partial charge in [-0.1, -0.05) is 18.2 Å². The first-order chi connectivity index (χ1) is 10.8. The van der Waals surface area contributed by atoms with E-state index in [1.807, 2.05) is 12.1 Å². The van der Waals surface area contributed by atoms with E-state index in [1.165, 1.54) is 10.6 Å². The van der Waals surface area contributed by atoms with E-state index >= 15 is 0 Å². The maximum Gasteiger partial charge on any atom is 0.142 e. The lowest BCUT2D eigenvalue weighted by molar-refractivity contribution is 0.269. The zero-order valence-corrected chi connectivity index (χ0v) is 13.8. The van der Waals surface area contributed by atoms with Crippen molar-refractivity contribution in [3.63, 3.8) is 0 Å². The first-order valence-corrected chi connectivity index (χ1v) is 8.38. The van der Waals surface area contributed by atoms with Crippen LogP contribution in [-0.2, 0) is 0 Å². The first-order valence-electron chi connectivity index (χ1n) is 7.50. The molecule has 4 nitrogen and oxygen atoms in total. The Kier molecular flexibility index (Phi) is 4.63. The van der Waals surface area contributed by atoms with Gasteiger partial charge in [0, 0.05) is 18.0 Å². The zero-order chi connectivity index (χ0) is 15.4. The van der Waals surface area contributed by atoms with Crippen LogP contribution in [0.4, 0.5) is 5.69 Å². The average molecular weight is 315 g/mol. The van der Waals surface area contributed by atoms with Crippen LogP contribution in [0.5, 0.6) is 5.75 Å². The van der Waals surface area contributed by atoms with Crippen LogP contribution in [-0.4, -0.2) is 44.0 Å². The SMILES string of the molecule is COc1ccccc1N1CCN(/N=C(\C)c2cccs2)CC1. The summed E-state index contributed by atoms with van der Waals surface area (Å²) in [6.07, 6.45) is 0. The van der Waals surface area contributed by atoms with Crippen molar-refractivity contribution in [1.82, 2.24) is 5.01 Å². The Morgan fingerprint density at radius 2 is 1.86 bits per heavy atom.